The maximum absolute atomic E-state index is 11.9. The Bertz CT molecular complexity index is 500. The Hall–Kier alpha value is -1.36. The highest BCUT2D eigenvalue weighted by Crippen LogP contribution is 2.39. The maximum Gasteiger partial charge on any atom is 0.244 e. The van der Waals surface area contributed by atoms with Crippen molar-refractivity contribution in [2.75, 3.05) is 19.4 Å². The third kappa shape index (κ3) is 3.15. The summed E-state index contributed by atoms with van der Waals surface area (Å²) >= 11 is 6.13. The third-order valence-electron chi connectivity index (χ3n) is 3.21. The standard InChI is InChI=1S/C13H19ClN4O/c1-7-10(14)16-12(9-5-6-9)17-11(7)15-8(2)13(19)18(3)4/h8-9H,5-6H2,1-4H3,(H,15,16,17). The van der Waals surface area contributed by atoms with Crippen molar-refractivity contribution in [1.29, 1.82) is 0 Å². The normalized spacial score (nSPS) is 16.1. The van der Waals surface area contributed by atoms with Crippen LogP contribution in [0.1, 0.15) is 37.1 Å². The van der Waals surface area contributed by atoms with Crippen LogP contribution in [0.2, 0.25) is 5.15 Å². The number of hydrogen-bond acceptors (Lipinski definition) is 4. The fourth-order valence-corrected chi connectivity index (χ4v) is 2.00. The van der Waals surface area contributed by atoms with Crippen molar-refractivity contribution in [2.45, 2.75) is 38.6 Å². The fourth-order valence-electron chi connectivity index (χ4n) is 1.82. The molecule has 1 heterocycles. The van der Waals surface area contributed by atoms with Crippen molar-refractivity contribution in [3.63, 3.8) is 0 Å². The molecule has 0 aromatic carbocycles. The summed E-state index contributed by atoms with van der Waals surface area (Å²) < 4.78 is 0. The molecule has 1 aliphatic rings. The first-order valence-electron chi connectivity index (χ1n) is 6.42. The zero-order chi connectivity index (χ0) is 14.2. The average molecular weight is 283 g/mol. The first-order chi connectivity index (χ1) is 8.90. The number of amides is 1. The van der Waals surface area contributed by atoms with Crippen LogP contribution in [0.4, 0.5) is 5.82 Å². The Morgan fingerprint density at radius 2 is 2.05 bits per heavy atom. The van der Waals surface area contributed by atoms with Crippen LogP contribution >= 0.6 is 11.6 Å². The lowest BCUT2D eigenvalue weighted by Gasteiger charge is -2.20. The van der Waals surface area contributed by atoms with Gasteiger partial charge in [-0.2, -0.15) is 0 Å². The highest BCUT2D eigenvalue weighted by molar-refractivity contribution is 6.30. The van der Waals surface area contributed by atoms with Gasteiger partial charge in [-0.25, -0.2) is 9.97 Å². The number of nitrogens with one attached hydrogen (secondary N) is 1. The highest BCUT2D eigenvalue weighted by Gasteiger charge is 2.28. The van der Waals surface area contributed by atoms with E-state index < -0.39 is 0 Å². The van der Waals surface area contributed by atoms with Crippen molar-refractivity contribution in [2.24, 2.45) is 0 Å². The molecule has 1 N–H and O–H groups in total. The minimum absolute atomic E-state index is 0.00195. The van der Waals surface area contributed by atoms with Gasteiger partial charge >= 0.3 is 0 Å². The van der Waals surface area contributed by atoms with Crippen LogP contribution in [0.3, 0.4) is 0 Å². The molecule has 1 aromatic rings. The quantitative estimate of drug-likeness (QED) is 0.860. The summed E-state index contributed by atoms with van der Waals surface area (Å²) in [5, 5.41) is 3.59. The molecule has 1 amide bonds. The largest absolute Gasteiger partial charge is 0.358 e. The van der Waals surface area contributed by atoms with Crippen molar-refractivity contribution in [3.8, 4) is 0 Å². The number of likely N-dealkylation sites (N-methyl/N-ethyl adjacent to an activating group) is 1. The molecule has 1 aromatic heterocycles. The molecule has 5 nitrogen and oxygen atoms in total. The first kappa shape index (κ1) is 14.1. The number of anilines is 1. The van der Waals surface area contributed by atoms with Crippen LogP contribution in [0, 0.1) is 6.92 Å². The van der Waals surface area contributed by atoms with E-state index in [-0.39, 0.29) is 11.9 Å². The van der Waals surface area contributed by atoms with E-state index in [4.69, 9.17) is 11.6 Å². The van der Waals surface area contributed by atoms with Crippen molar-refractivity contribution in [3.05, 3.63) is 16.5 Å². The number of aromatic nitrogens is 2. The van der Waals surface area contributed by atoms with Gasteiger partial charge in [-0.15, -0.1) is 0 Å². The van der Waals surface area contributed by atoms with E-state index in [9.17, 15) is 4.79 Å². The smallest absolute Gasteiger partial charge is 0.244 e. The monoisotopic (exact) mass is 282 g/mol. The molecule has 19 heavy (non-hydrogen) atoms. The molecule has 1 saturated carbocycles. The Labute approximate surface area is 118 Å². The topological polar surface area (TPSA) is 58.1 Å². The minimum Gasteiger partial charge on any atom is -0.358 e. The maximum atomic E-state index is 11.9. The SMILES string of the molecule is Cc1c(Cl)nc(C2CC2)nc1NC(C)C(=O)N(C)C. The summed E-state index contributed by atoms with van der Waals surface area (Å²) in [6.45, 7) is 3.67. The van der Waals surface area contributed by atoms with Gasteiger partial charge in [-0.05, 0) is 26.7 Å². The molecule has 1 aliphatic carbocycles. The van der Waals surface area contributed by atoms with Gasteiger partial charge in [-0.1, -0.05) is 11.6 Å². The summed E-state index contributed by atoms with van der Waals surface area (Å²) in [5.41, 5.74) is 0.782. The molecule has 6 heteroatoms. The fraction of sp³-hybridized carbons (Fsp3) is 0.615. The van der Waals surface area contributed by atoms with Gasteiger partial charge in [0, 0.05) is 25.6 Å². The van der Waals surface area contributed by atoms with Gasteiger partial charge in [0.05, 0.1) is 0 Å². The molecule has 1 fully saturated rings. The van der Waals surface area contributed by atoms with E-state index in [2.05, 4.69) is 15.3 Å². The molecule has 2 rings (SSSR count). The van der Waals surface area contributed by atoms with Crippen LogP contribution < -0.4 is 5.32 Å². The van der Waals surface area contributed by atoms with E-state index in [0.717, 1.165) is 24.2 Å². The Balaban J connectivity index is 2.21. The van der Waals surface area contributed by atoms with Gasteiger partial charge < -0.3 is 10.2 Å². The summed E-state index contributed by atoms with van der Waals surface area (Å²) in [6, 6.07) is -0.341. The molecule has 0 spiro atoms. The Kier molecular flexibility index (Phi) is 3.94. The zero-order valence-corrected chi connectivity index (χ0v) is 12.5. The average Bonchev–Trinajstić information content (AvgIpc) is 3.17. The molecular formula is C13H19ClN4O. The van der Waals surface area contributed by atoms with Crippen LogP contribution in [0.15, 0.2) is 0 Å². The van der Waals surface area contributed by atoms with Gasteiger partial charge in [0.15, 0.2) is 0 Å². The highest BCUT2D eigenvalue weighted by atomic mass is 35.5. The summed E-state index contributed by atoms with van der Waals surface area (Å²) in [6.07, 6.45) is 2.23. The van der Waals surface area contributed by atoms with Gasteiger partial charge in [-0.3, -0.25) is 4.79 Å². The molecule has 1 unspecified atom stereocenters. The molecule has 0 bridgehead atoms. The molecule has 1 atom stereocenters. The van der Waals surface area contributed by atoms with E-state index in [0.29, 0.717) is 16.9 Å². The number of hydrogen-bond donors (Lipinski definition) is 1. The van der Waals surface area contributed by atoms with Crippen molar-refractivity contribution >= 4 is 23.3 Å². The molecule has 0 radical (unpaired) electrons. The second-order valence-corrected chi connectivity index (χ2v) is 5.58. The van der Waals surface area contributed by atoms with Gasteiger partial charge in [0.25, 0.3) is 0 Å². The van der Waals surface area contributed by atoms with Crippen LogP contribution in [-0.4, -0.2) is 40.9 Å². The summed E-state index contributed by atoms with van der Waals surface area (Å²) in [5.74, 6) is 1.87. The number of carbonyl (C=O) groups excluding carboxylic acids is 1. The number of carbonyl (C=O) groups is 1. The third-order valence-corrected chi connectivity index (χ3v) is 3.58. The van der Waals surface area contributed by atoms with Crippen molar-refractivity contribution in [1.82, 2.24) is 14.9 Å². The lowest BCUT2D eigenvalue weighted by Crippen LogP contribution is -2.37. The molecule has 104 valence electrons. The lowest BCUT2D eigenvalue weighted by molar-refractivity contribution is -0.129. The van der Waals surface area contributed by atoms with Crippen LogP contribution in [0.25, 0.3) is 0 Å². The minimum atomic E-state index is -0.341. The van der Waals surface area contributed by atoms with E-state index in [1.165, 1.54) is 0 Å². The van der Waals surface area contributed by atoms with Crippen LogP contribution in [0.5, 0.6) is 0 Å². The number of halogens is 1. The van der Waals surface area contributed by atoms with Crippen molar-refractivity contribution < 1.29 is 4.79 Å². The molecule has 0 aliphatic heterocycles. The second kappa shape index (κ2) is 5.33. The van der Waals surface area contributed by atoms with E-state index in [1.807, 2.05) is 13.8 Å². The summed E-state index contributed by atoms with van der Waals surface area (Å²) in [4.78, 5) is 22.2. The first-order valence-corrected chi connectivity index (χ1v) is 6.79. The number of rotatable bonds is 4. The predicted molar refractivity (Wildman–Crippen MR) is 75.5 cm³/mol. The second-order valence-electron chi connectivity index (χ2n) is 5.22. The lowest BCUT2D eigenvalue weighted by atomic mass is 10.2. The molecular weight excluding hydrogens is 264 g/mol. The van der Waals surface area contributed by atoms with E-state index >= 15 is 0 Å². The Morgan fingerprint density at radius 3 is 2.58 bits per heavy atom. The Morgan fingerprint density at radius 1 is 1.42 bits per heavy atom. The zero-order valence-electron chi connectivity index (χ0n) is 11.7. The van der Waals surface area contributed by atoms with Gasteiger partial charge in [0.2, 0.25) is 5.91 Å². The molecule has 0 saturated heterocycles. The van der Waals surface area contributed by atoms with Gasteiger partial charge in [0.1, 0.15) is 22.8 Å². The predicted octanol–water partition coefficient (Wildman–Crippen LogP) is 2.20. The van der Waals surface area contributed by atoms with Crippen LogP contribution in [-0.2, 0) is 4.79 Å². The van der Waals surface area contributed by atoms with E-state index in [1.54, 1.807) is 19.0 Å². The summed E-state index contributed by atoms with van der Waals surface area (Å²) in [7, 11) is 3.46. The number of nitrogens with zero attached hydrogens (tertiary/aromatic N) is 3.